The van der Waals surface area contributed by atoms with Crippen LogP contribution in [0.3, 0.4) is 0 Å². The van der Waals surface area contributed by atoms with E-state index in [1.54, 1.807) is 18.4 Å². The fourth-order valence-corrected chi connectivity index (χ4v) is 3.81. The zero-order chi connectivity index (χ0) is 16.5. The Bertz CT molecular complexity index is 846. The van der Waals surface area contributed by atoms with Gasteiger partial charge in [-0.15, -0.1) is 11.3 Å². The van der Waals surface area contributed by atoms with Gasteiger partial charge in [-0.25, -0.2) is 9.97 Å². The molecule has 3 heterocycles. The molecule has 24 heavy (non-hydrogen) atoms. The fraction of sp³-hybridized carbons (Fsp3) is 0.294. The summed E-state index contributed by atoms with van der Waals surface area (Å²) in [6.07, 6.45) is 2.81. The highest BCUT2D eigenvalue weighted by molar-refractivity contribution is 7.15. The number of aryl methyl sites for hydroxylation is 1. The Morgan fingerprint density at radius 2 is 2.25 bits per heavy atom. The van der Waals surface area contributed by atoms with Crippen LogP contribution < -0.4 is 15.4 Å². The first-order valence-electron chi connectivity index (χ1n) is 7.89. The van der Waals surface area contributed by atoms with Gasteiger partial charge in [-0.05, 0) is 19.1 Å². The quantitative estimate of drug-likeness (QED) is 0.679. The molecule has 3 aromatic rings. The van der Waals surface area contributed by atoms with E-state index < -0.39 is 0 Å². The predicted octanol–water partition coefficient (Wildman–Crippen LogP) is 3.24. The van der Waals surface area contributed by atoms with E-state index in [1.807, 2.05) is 31.3 Å². The highest BCUT2D eigenvalue weighted by Gasteiger charge is 2.15. The number of fused-ring (bicyclic) bond motifs is 1. The van der Waals surface area contributed by atoms with Crippen LogP contribution in [0.15, 0.2) is 24.4 Å². The Morgan fingerprint density at radius 1 is 1.33 bits per heavy atom. The number of rotatable bonds is 4. The lowest BCUT2D eigenvalue weighted by Gasteiger charge is -2.09. The van der Waals surface area contributed by atoms with Crippen molar-refractivity contribution in [2.75, 3.05) is 19.0 Å². The number of anilines is 2. The molecule has 0 radical (unpaired) electrons. The summed E-state index contributed by atoms with van der Waals surface area (Å²) in [6.45, 7) is 3.90. The maximum atomic E-state index is 5.54. The molecule has 0 saturated heterocycles. The number of imidazole rings is 1. The summed E-state index contributed by atoms with van der Waals surface area (Å²) in [4.78, 5) is 13.6. The molecule has 0 fully saturated rings. The van der Waals surface area contributed by atoms with Crippen molar-refractivity contribution in [2.24, 2.45) is 0 Å². The lowest BCUT2D eigenvalue weighted by molar-refractivity contribution is 0.416. The Morgan fingerprint density at radius 3 is 3.00 bits per heavy atom. The van der Waals surface area contributed by atoms with Crippen molar-refractivity contribution in [2.45, 2.75) is 19.9 Å². The van der Waals surface area contributed by atoms with Crippen LogP contribution in [0.25, 0.3) is 11.4 Å². The maximum absolute atomic E-state index is 5.54. The van der Waals surface area contributed by atoms with Gasteiger partial charge in [-0.3, -0.25) is 0 Å². The van der Waals surface area contributed by atoms with Gasteiger partial charge in [0, 0.05) is 48.0 Å². The van der Waals surface area contributed by atoms with Gasteiger partial charge in [0.05, 0.1) is 18.4 Å². The van der Waals surface area contributed by atoms with Gasteiger partial charge in [0.2, 0.25) is 0 Å². The topological polar surface area (TPSA) is 74.9 Å². The first kappa shape index (κ1) is 15.2. The number of hydrogen-bond acceptors (Lipinski definition) is 6. The monoisotopic (exact) mass is 341 g/mol. The molecule has 6 nitrogen and oxygen atoms in total. The van der Waals surface area contributed by atoms with Crippen molar-refractivity contribution in [3.8, 4) is 17.1 Å². The maximum Gasteiger partial charge on any atom is 0.187 e. The molecule has 3 N–H and O–H groups in total. The molecule has 0 bridgehead atoms. The first-order chi connectivity index (χ1) is 11.7. The number of thiazole rings is 1. The number of benzene rings is 1. The van der Waals surface area contributed by atoms with Crippen LogP contribution in [0.4, 0.5) is 10.8 Å². The molecule has 2 aromatic heterocycles. The number of hydrogen-bond donors (Lipinski definition) is 3. The number of H-pyrrole nitrogens is 1. The number of nitrogens with one attached hydrogen (secondary N) is 3. The predicted molar refractivity (Wildman–Crippen MR) is 96.1 cm³/mol. The summed E-state index contributed by atoms with van der Waals surface area (Å²) in [5.74, 6) is 1.59. The third kappa shape index (κ3) is 2.88. The van der Waals surface area contributed by atoms with Gasteiger partial charge in [0.25, 0.3) is 0 Å². The zero-order valence-corrected chi connectivity index (χ0v) is 14.5. The molecule has 1 aliphatic rings. The van der Waals surface area contributed by atoms with E-state index >= 15 is 0 Å². The second kappa shape index (κ2) is 6.26. The molecule has 0 aliphatic carbocycles. The summed E-state index contributed by atoms with van der Waals surface area (Å²) in [5.41, 5.74) is 4.13. The van der Waals surface area contributed by atoms with E-state index in [1.165, 1.54) is 10.6 Å². The minimum atomic E-state index is 0.775. The zero-order valence-electron chi connectivity index (χ0n) is 13.6. The number of ether oxygens (including phenoxy) is 1. The molecule has 1 aliphatic heterocycles. The van der Waals surface area contributed by atoms with Crippen molar-refractivity contribution < 1.29 is 4.74 Å². The van der Waals surface area contributed by atoms with Crippen LogP contribution in [0.1, 0.15) is 16.3 Å². The lowest BCUT2D eigenvalue weighted by atomic mass is 10.1. The highest BCUT2D eigenvalue weighted by atomic mass is 32.1. The third-order valence-electron chi connectivity index (χ3n) is 4.01. The van der Waals surface area contributed by atoms with Crippen molar-refractivity contribution in [1.82, 2.24) is 20.3 Å². The highest BCUT2D eigenvalue weighted by Crippen LogP contribution is 2.33. The van der Waals surface area contributed by atoms with Gasteiger partial charge >= 0.3 is 0 Å². The van der Waals surface area contributed by atoms with Crippen LogP contribution >= 0.6 is 11.3 Å². The summed E-state index contributed by atoms with van der Waals surface area (Å²) in [7, 11) is 1.67. The molecular weight excluding hydrogens is 322 g/mol. The first-order valence-corrected chi connectivity index (χ1v) is 8.71. The van der Waals surface area contributed by atoms with Crippen LogP contribution in [0.5, 0.6) is 5.75 Å². The second-order valence-corrected chi connectivity index (χ2v) is 6.85. The van der Waals surface area contributed by atoms with Crippen LogP contribution in [0.2, 0.25) is 0 Å². The molecular formula is C17H19N5OS. The molecule has 0 spiro atoms. The molecule has 1 aromatic carbocycles. The van der Waals surface area contributed by atoms with Crippen molar-refractivity contribution in [1.29, 1.82) is 0 Å². The molecule has 124 valence electrons. The van der Waals surface area contributed by atoms with E-state index in [9.17, 15) is 0 Å². The minimum absolute atomic E-state index is 0.775. The van der Waals surface area contributed by atoms with Crippen molar-refractivity contribution >= 4 is 22.2 Å². The Balaban J connectivity index is 1.61. The van der Waals surface area contributed by atoms with Crippen LogP contribution in [0, 0.1) is 6.92 Å². The van der Waals surface area contributed by atoms with Gasteiger partial charge in [-0.1, -0.05) is 0 Å². The van der Waals surface area contributed by atoms with Crippen LogP contribution in [-0.4, -0.2) is 28.6 Å². The summed E-state index contributed by atoms with van der Waals surface area (Å²) in [6, 6.07) is 6.01. The Kier molecular flexibility index (Phi) is 3.95. The summed E-state index contributed by atoms with van der Waals surface area (Å²) < 4.78 is 5.54. The summed E-state index contributed by atoms with van der Waals surface area (Å²) in [5, 5.41) is 7.69. The van der Waals surface area contributed by atoms with Crippen LogP contribution in [-0.2, 0) is 13.0 Å². The molecule has 0 saturated carbocycles. The van der Waals surface area contributed by atoms with Gasteiger partial charge in [0.1, 0.15) is 11.6 Å². The Labute approximate surface area is 144 Å². The van der Waals surface area contributed by atoms with Crippen molar-refractivity contribution in [3.05, 3.63) is 40.7 Å². The average Bonchev–Trinajstić information content (AvgIpc) is 3.20. The number of aromatic nitrogens is 3. The molecule has 7 heteroatoms. The third-order valence-corrected chi connectivity index (χ3v) is 5.03. The Hall–Kier alpha value is -2.38. The molecule has 4 rings (SSSR count). The second-order valence-electron chi connectivity index (χ2n) is 5.77. The van der Waals surface area contributed by atoms with Gasteiger partial charge < -0.3 is 20.4 Å². The summed E-state index contributed by atoms with van der Waals surface area (Å²) >= 11 is 1.70. The normalized spacial score (nSPS) is 13.6. The molecule has 0 amide bonds. The standard InChI is InChI=1S/C17H19N5OS/c1-10-8-19-16(20-10)12-4-3-11(7-14(12)23-2)21-17-22-13-5-6-18-9-15(13)24-17/h3-4,7-8,18H,5-6,9H2,1-2H3,(H,19,20)(H,21,22). The fourth-order valence-electron chi connectivity index (χ4n) is 2.82. The van der Waals surface area contributed by atoms with E-state index in [4.69, 9.17) is 9.72 Å². The number of aromatic amines is 1. The van der Waals surface area contributed by atoms with E-state index in [0.717, 1.165) is 53.2 Å². The minimum Gasteiger partial charge on any atom is -0.496 e. The largest absolute Gasteiger partial charge is 0.496 e. The SMILES string of the molecule is COc1cc(Nc2nc3c(s2)CNCC3)ccc1-c1ncc(C)[nH]1. The van der Waals surface area contributed by atoms with Gasteiger partial charge in [-0.2, -0.15) is 0 Å². The molecule has 0 atom stereocenters. The van der Waals surface area contributed by atoms with Crippen molar-refractivity contribution in [3.63, 3.8) is 0 Å². The average molecular weight is 341 g/mol. The van der Waals surface area contributed by atoms with Gasteiger partial charge in [0.15, 0.2) is 5.13 Å². The van der Waals surface area contributed by atoms with E-state index in [2.05, 4.69) is 20.6 Å². The number of nitrogens with zero attached hydrogens (tertiary/aromatic N) is 2. The lowest BCUT2D eigenvalue weighted by Crippen LogP contribution is -2.22. The van der Waals surface area contributed by atoms with E-state index in [0.29, 0.717) is 0 Å². The number of methoxy groups -OCH3 is 1. The van der Waals surface area contributed by atoms with E-state index in [-0.39, 0.29) is 0 Å². The molecule has 0 unspecified atom stereocenters. The smallest absolute Gasteiger partial charge is 0.187 e.